The molecule has 170 valence electrons. The first-order valence-corrected chi connectivity index (χ1v) is 12.1. The van der Waals surface area contributed by atoms with Crippen LogP contribution >= 0.6 is 0 Å². The molecule has 2 aromatic heterocycles. The first-order valence-electron chi connectivity index (χ1n) is 10.6. The van der Waals surface area contributed by atoms with Crippen LogP contribution in [0.5, 0.6) is 5.75 Å². The predicted octanol–water partition coefficient (Wildman–Crippen LogP) is 4.07. The van der Waals surface area contributed by atoms with Gasteiger partial charge in [-0.05, 0) is 42.7 Å². The SMILES string of the molecule is COc1cc(S(N)(=O)=O)ccc1-c1cc(-c2cnnc3c2ncn3C2CCCC2)ccc1F. The van der Waals surface area contributed by atoms with Crippen LogP contribution in [0.4, 0.5) is 4.39 Å². The van der Waals surface area contributed by atoms with Gasteiger partial charge in [-0.25, -0.2) is 22.9 Å². The lowest BCUT2D eigenvalue weighted by Gasteiger charge is -2.13. The van der Waals surface area contributed by atoms with Gasteiger partial charge < -0.3 is 9.30 Å². The third-order valence-corrected chi connectivity index (χ3v) is 7.06. The Hall–Kier alpha value is -3.37. The van der Waals surface area contributed by atoms with Crippen molar-refractivity contribution >= 4 is 21.2 Å². The minimum Gasteiger partial charge on any atom is -0.496 e. The summed E-state index contributed by atoms with van der Waals surface area (Å²) in [6, 6.07) is 9.16. The van der Waals surface area contributed by atoms with Crippen molar-refractivity contribution in [2.45, 2.75) is 36.6 Å². The fourth-order valence-corrected chi connectivity index (χ4v) is 5.01. The largest absolute Gasteiger partial charge is 0.496 e. The minimum absolute atomic E-state index is 0.114. The van der Waals surface area contributed by atoms with Crippen molar-refractivity contribution in [1.29, 1.82) is 0 Å². The molecule has 5 rings (SSSR count). The molecule has 1 fully saturated rings. The molecule has 0 atom stereocenters. The van der Waals surface area contributed by atoms with Crippen LogP contribution in [0, 0.1) is 5.82 Å². The molecule has 10 heteroatoms. The van der Waals surface area contributed by atoms with Crippen LogP contribution in [0.25, 0.3) is 33.4 Å². The first kappa shape index (κ1) is 21.5. The number of primary sulfonamides is 1. The standard InChI is InChI=1S/C23H22FN5O3S/c1-32-21-11-16(33(25,30)31)7-8-17(21)18-10-14(6-9-20(18)24)19-12-27-28-23-22(19)26-13-29(23)15-4-2-3-5-15/h6-13,15H,2-5H2,1H3,(H2,25,30,31). The average molecular weight is 468 g/mol. The highest BCUT2D eigenvalue weighted by Crippen LogP contribution is 2.38. The highest BCUT2D eigenvalue weighted by atomic mass is 32.2. The molecular weight excluding hydrogens is 445 g/mol. The molecule has 0 aliphatic heterocycles. The van der Waals surface area contributed by atoms with E-state index in [9.17, 15) is 12.8 Å². The van der Waals surface area contributed by atoms with Crippen LogP contribution in [-0.2, 0) is 10.0 Å². The van der Waals surface area contributed by atoms with Crippen molar-refractivity contribution in [2.24, 2.45) is 5.14 Å². The van der Waals surface area contributed by atoms with Gasteiger partial charge >= 0.3 is 0 Å². The van der Waals surface area contributed by atoms with Gasteiger partial charge in [0, 0.05) is 28.8 Å². The second-order valence-corrected chi connectivity index (χ2v) is 9.68. The average Bonchev–Trinajstić information content (AvgIpc) is 3.48. The molecule has 4 aromatic rings. The van der Waals surface area contributed by atoms with Crippen molar-refractivity contribution in [3.63, 3.8) is 0 Å². The number of nitrogens with two attached hydrogens (primary N) is 1. The molecule has 0 amide bonds. The Labute approximate surface area is 190 Å². The van der Waals surface area contributed by atoms with E-state index in [0.717, 1.165) is 18.4 Å². The van der Waals surface area contributed by atoms with Gasteiger partial charge in [-0.1, -0.05) is 18.9 Å². The summed E-state index contributed by atoms with van der Waals surface area (Å²) in [5.74, 6) is -0.281. The van der Waals surface area contributed by atoms with Gasteiger partial charge in [-0.2, -0.15) is 5.10 Å². The van der Waals surface area contributed by atoms with Crippen LogP contribution in [0.1, 0.15) is 31.7 Å². The summed E-state index contributed by atoms with van der Waals surface area (Å²) in [5, 5.41) is 13.7. The maximum absolute atomic E-state index is 14.9. The molecule has 1 aliphatic carbocycles. The molecule has 0 radical (unpaired) electrons. The van der Waals surface area contributed by atoms with Crippen LogP contribution in [0.15, 0.2) is 53.8 Å². The van der Waals surface area contributed by atoms with Gasteiger partial charge in [0.2, 0.25) is 10.0 Å². The molecule has 1 saturated carbocycles. The molecular formula is C23H22FN5O3S. The second-order valence-electron chi connectivity index (χ2n) is 8.12. The topological polar surface area (TPSA) is 113 Å². The Kier molecular flexibility index (Phi) is 5.34. The van der Waals surface area contributed by atoms with Crippen molar-refractivity contribution in [1.82, 2.24) is 19.7 Å². The molecule has 2 N–H and O–H groups in total. The van der Waals surface area contributed by atoms with Gasteiger partial charge in [-0.15, -0.1) is 5.10 Å². The third-order valence-electron chi connectivity index (χ3n) is 6.15. The Morgan fingerprint density at radius 1 is 1.09 bits per heavy atom. The van der Waals surface area contributed by atoms with Crippen LogP contribution in [-0.4, -0.2) is 35.3 Å². The van der Waals surface area contributed by atoms with Gasteiger partial charge in [0.05, 0.1) is 24.5 Å². The van der Waals surface area contributed by atoms with Crippen LogP contribution in [0.2, 0.25) is 0 Å². The van der Waals surface area contributed by atoms with Gasteiger partial charge in [0.25, 0.3) is 0 Å². The van der Waals surface area contributed by atoms with E-state index in [2.05, 4.69) is 19.7 Å². The number of hydrogen-bond acceptors (Lipinski definition) is 6. The molecule has 2 heterocycles. The lowest BCUT2D eigenvalue weighted by atomic mass is 9.98. The molecule has 0 bridgehead atoms. The highest BCUT2D eigenvalue weighted by Gasteiger charge is 2.22. The summed E-state index contributed by atoms with van der Waals surface area (Å²) < 4.78 is 45.7. The summed E-state index contributed by atoms with van der Waals surface area (Å²) in [4.78, 5) is 4.48. The second kappa shape index (κ2) is 8.20. The number of fused-ring (bicyclic) bond motifs is 1. The van der Waals surface area contributed by atoms with Gasteiger partial charge in [0.1, 0.15) is 17.1 Å². The number of imidazole rings is 1. The van der Waals surface area contributed by atoms with E-state index in [1.807, 2.05) is 0 Å². The van der Waals surface area contributed by atoms with Crippen LogP contribution < -0.4 is 9.88 Å². The zero-order valence-corrected chi connectivity index (χ0v) is 18.7. The number of hydrogen-bond donors (Lipinski definition) is 1. The van der Waals surface area contributed by atoms with Crippen LogP contribution in [0.3, 0.4) is 0 Å². The monoisotopic (exact) mass is 467 g/mol. The Balaban J connectivity index is 1.63. The Bertz CT molecular complexity index is 1460. The van der Waals surface area contributed by atoms with E-state index in [0.29, 0.717) is 28.3 Å². The summed E-state index contributed by atoms with van der Waals surface area (Å²) in [5.41, 5.74) is 3.51. The van der Waals surface area contributed by atoms with Crippen molar-refractivity contribution in [2.75, 3.05) is 7.11 Å². The number of rotatable bonds is 5. The van der Waals surface area contributed by atoms with Crippen molar-refractivity contribution < 1.29 is 17.5 Å². The maximum atomic E-state index is 14.9. The summed E-state index contributed by atoms with van der Waals surface area (Å²) in [6.07, 6.45) is 7.97. The van der Waals surface area contributed by atoms with Gasteiger partial charge in [0.15, 0.2) is 5.65 Å². The number of nitrogens with zero attached hydrogens (tertiary/aromatic N) is 4. The Morgan fingerprint density at radius 3 is 2.61 bits per heavy atom. The van der Waals surface area contributed by atoms with Crippen molar-refractivity contribution in [3.05, 3.63) is 54.7 Å². The fourth-order valence-electron chi connectivity index (χ4n) is 4.48. The predicted molar refractivity (Wildman–Crippen MR) is 122 cm³/mol. The summed E-state index contributed by atoms with van der Waals surface area (Å²) in [6.45, 7) is 0. The smallest absolute Gasteiger partial charge is 0.238 e. The molecule has 33 heavy (non-hydrogen) atoms. The molecule has 8 nitrogen and oxygen atoms in total. The number of aromatic nitrogens is 4. The first-order chi connectivity index (χ1) is 15.9. The zero-order chi connectivity index (χ0) is 23.2. The number of halogens is 1. The minimum atomic E-state index is -3.92. The number of benzene rings is 2. The van der Waals surface area contributed by atoms with E-state index in [1.54, 1.807) is 24.7 Å². The lowest BCUT2D eigenvalue weighted by Crippen LogP contribution is -2.12. The van der Waals surface area contributed by atoms with E-state index in [1.165, 1.54) is 44.2 Å². The molecule has 2 aromatic carbocycles. The molecule has 1 aliphatic rings. The quantitative estimate of drug-likeness (QED) is 0.473. The van der Waals surface area contributed by atoms with E-state index >= 15 is 0 Å². The molecule has 0 unspecified atom stereocenters. The summed E-state index contributed by atoms with van der Waals surface area (Å²) in [7, 11) is -2.54. The molecule has 0 saturated heterocycles. The van der Waals surface area contributed by atoms with E-state index in [4.69, 9.17) is 9.88 Å². The number of methoxy groups -OCH3 is 1. The lowest BCUT2D eigenvalue weighted by molar-refractivity contribution is 0.415. The van der Waals surface area contributed by atoms with Gasteiger partial charge in [-0.3, -0.25) is 0 Å². The highest BCUT2D eigenvalue weighted by molar-refractivity contribution is 7.89. The number of ether oxygens (including phenoxy) is 1. The summed E-state index contributed by atoms with van der Waals surface area (Å²) >= 11 is 0. The number of sulfonamides is 1. The van der Waals surface area contributed by atoms with Crippen molar-refractivity contribution in [3.8, 4) is 28.0 Å². The maximum Gasteiger partial charge on any atom is 0.238 e. The Morgan fingerprint density at radius 2 is 1.88 bits per heavy atom. The van der Waals surface area contributed by atoms with E-state index < -0.39 is 15.8 Å². The normalized spacial score (nSPS) is 14.8. The molecule has 0 spiro atoms. The fraction of sp³-hybridized carbons (Fsp3) is 0.261. The third kappa shape index (κ3) is 3.85. The zero-order valence-electron chi connectivity index (χ0n) is 17.9. The van der Waals surface area contributed by atoms with E-state index in [-0.39, 0.29) is 16.2 Å².